The molecular formula is C20H38N2O5P2. The van der Waals surface area contributed by atoms with Gasteiger partial charge in [0, 0.05) is 21.9 Å². The van der Waals surface area contributed by atoms with Gasteiger partial charge in [0.15, 0.2) is 0 Å². The van der Waals surface area contributed by atoms with Crippen molar-refractivity contribution in [3.63, 3.8) is 0 Å². The Morgan fingerprint density at radius 2 is 0.931 bits per heavy atom. The first-order valence-corrected chi connectivity index (χ1v) is 12.9. The SMILES string of the molecule is CC(C)(C)C1=CN(C(C)(C)C)P(=O)(OP2(=O)OC(C(C)(C)C)=CN2C(C)(C)C)O1. The maximum Gasteiger partial charge on any atom is 0.498 e. The third-order valence-corrected chi connectivity index (χ3v) is 9.49. The van der Waals surface area contributed by atoms with Gasteiger partial charge in [-0.05, 0) is 41.5 Å². The Bertz CT molecular complexity index is 752. The molecule has 168 valence electrons. The Balaban J connectivity index is 2.50. The van der Waals surface area contributed by atoms with E-state index in [4.69, 9.17) is 13.4 Å². The largest absolute Gasteiger partial charge is 0.498 e. The summed E-state index contributed by atoms with van der Waals surface area (Å²) in [6, 6.07) is 0. The molecule has 29 heavy (non-hydrogen) atoms. The van der Waals surface area contributed by atoms with E-state index in [0.29, 0.717) is 11.5 Å². The third-order valence-electron chi connectivity index (χ3n) is 4.49. The molecular weight excluding hydrogens is 410 g/mol. The zero-order chi connectivity index (χ0) is 22.8. The average Bonchev–Trinajstić information content (AvgIpc) is 2.94. The molecule has 7 nitrogen and oxygen atoms in total. The van der Waals surface area contributed by atoms with Gasteiger partial charge < -0.3 is 9.05 Å². The van der Waals surface area contributed by atoms with Crippen LogP contribution in [0.2, 0.25) is 0 Å². The molecule has 2 heterocycles. The zero-order valence-electron chi connectivity index (χ0n) is 20.0. The molecule has 0 radical (unpaired) electrons. The van der Waals surface area contributed by atoms with E-state index in [-0.39, 0.29) is 10.8 Å². The van der Waals surface area contributed by atoms with Crippen LogP contribution in [0, 0.1) is 10.8 Å². The number of rotatable bonds is 2. The Labute approximate surface area is 176 Å². The molecule has 0 aromatic carbocycles. The number of allylic oxidation sites excluding steroid dienone is 2. The molecule has 9 heteroatoms. The second-order valence-electron chi connectivity index (χ2n) is 11.7. The maximum absolute atomic E-state index is 14.0. The molecule has 2 atom stereocenters. The lowest BCUT2D eigenvalue weighted by atomic mass is 9.94. The molecule has 0 bridgehead atoms. The Morgan fingerprint density at radius 3 is 1.14 bits per heavy atom. The number of hydrogen-bond donors (Lipinski definition) is 0. The van der Waals surface area contributed by atoms with E-state index in [1.165, 1.54) is 0 Å². The van der Waals surface area contributed by atoms with Gasteiger partial charge in [0.05, 0.1) is 12.4 Å². The van der Waals surface area contributed by atoms with Crippen LogP contribution in [0.5, 0.6) is 0 Å². The lowest BCUT2D eigenvalue weighted by molar-refractivity contribution is 0.190. The van der Waals surface area contributed by atoms with Gasteiger partial charge in [0.1, 0.15) is 11.5 Å². The van der Waals surface area contributed by atoms with Crippen molar-refractivity contribution >= 4 is 15.5 Å². The molecule has 0 N–H and O–H groups in total. The summed E-state index contributed by atoms with van der Waals surface area (Å²) in [6.07, 6.45) is 3.42. The average molecular weight is 448 g/mol. The van der Waals surface area contributed by atoms with Crippen LogP contribution >= 0.6 is 15.5 Å². The highest BCUT2D eigenvalue weighted by Gasteiger charge is 2.58. The first-order chi connectivity index (χ1) is 12.6. The first kappa shape index (κ1) is 24.4. The molecule has 2 rings (SSSR count). The summed E-state index contributed by atoms with van der Waals surface area (Å²) in [6.45, 7) is 23.2. The lowest BCUT2D eigenvalue weighted by Crippen LogP contribution is -2.36. The molecule has 0 aromatic rings. The minimum Gasteiger partial charge on any atom is -0.411 e. The molecule has 0 aromatic heterocycles. The van der Waals surface area contributed by atoms with E-state index < -0.39 is 26.6 Å². The molecule has 0 saturated heterocycles. The van der Waals surface area contributed by atoms with Gasteiger partial charge >= 0.3 is 15.5 Å². The first-order valence-electron chi connectivity index (χ1n) is 9.94. The normalized spacial score (nSPS) is 28.8. The summed E-state index contributed by atoms with van der Waals surface area (Å²) in [5.74, 6) is 1.04. The summed E-state index contributed by atoms with van der Waals surface area (Å²) in [5.41, 5.74) is -1.92. The number of nitrogens with zero attached hydrogens (tertiary/aromatic N) is 2. The summed E-state index contributed by atoms with van der Waals surface area (Å²) in [5, 5.41) is 0. The van der Waals surface area contributed by atoms with Crippen molar-refractivity contribution in [2.24, 2.45) is 10.8 Å². The van der Waals surface area contributed by atoms with Crippen LogP contribution in [0.4, 0.5) is 0 Å². The van der Waals surface area contributed by atoms with Gasteiger partial charge in [0.25, 0.3) is 0 Å². The van der Waals surface area contributed by atoms with Gasteiger partial charge in [-0.25, -0.2) is 9.13 Å². The van der Waals surface area contributed by atoms with E-state index in [2.05, 4.69) is 0 Å². The van der Waals surface area contributed by atoms with Crippen molar-refractivity contribution in [3.05, 3.63) is 23.9 Å². The zero-order valence-corrected chi connectivity index (χ0v) is 21.8. The van der Waals surface area contributed by atoms with Crippen LogP contribution in [0.3, 0.4) is 0 Å². The van der Waals surface area contributed by atoms with E-state index in [1.54, 1.807) is 21.7 Å². The van der Waals surface area contributed by atoms with Crippen LogP contribution in [-0.4, -0.2) is 20.4 Å². The Kier molecular flexibility index (Phi) is 5.72. The van der Waals surface area contributed by atoms with E-state index in [1.807, 2.05) is 83.1 Å². The predicted molar refractivity (Wildman–Crippen MR) is 117 cm³/mol. The topological polar surface area (TPSA) is 68.3 Å². The van der Waals surface area contributed by atoms with Gasteiger partial charge in [-0.1, -0.05) is 41.5 Å². The fraction of sp³-hybridized carbons (Fsp3) is 0.800. The smallest absolute Gasteiger partial charge is 0.411 e. The van der Waals surface area contributed by atoms with E-state index in [0.717, 1.165) is 0 Å². The highest BCUT2D eigenvalue weighted by molar-refractivity contribution is 7.65. The highest BCUT2D eigenvalue weighted by Crippen LogP contribution is 2.76. The van der Waals surface area contributed by atoms with Gasteiger partial charge in [-0.3, -0.25) is 9.34 Å². The Morgan fingerprint density at radius 1 is 0.655 bits per heavy atom. The van der Waals surface area contributed by atoms with Crippen molar-refractivity contribution in [2.45, 2.75) is 94.2 Å². The van der Waals surface area contributed by atoms with E-state index >= 15 is 0 Å². The van der Waals surface area contributed by atoms with Crippen LogP contribution in [0.1, 0.15) is 83.1 Å². The maximum atomic E-state index is 14.0. The van der Waals surface area contributed by atoms with Crippen molar-refractivity contribution in [3.8, 4) is 0 Å². The second-order valence-corrected chi connectivity index (χ2v) is 15.5. The highest BCUT2D eigenvalue weighted by atomic mass is 31.3. The van der Waals surface area contributed by atoms with Crippen molar-refractivity contribution in [1.29, 1.82) is 0 Å². The van der Waals surface area contributed by atoms with Crippen LogP contribution in [-0.2, 0) is 22.5 Å². The Hall–Kier alpha value is -0.900. The summed E-state index contributed by atoms with van der Waals surface area (Å²) < 4.78 is 48.7. The summed E-state index contributed by atoms with van der Waals surface area (Å²) >= 11 is 0. The molecule has 0 spiro atoms. The standard InChI is InChI=1S/C20H38N2O5P2/c1-17(2,3)15-13-21(19(7,8)9)28(23,25-15)27-29(24)22(20(10,11)12)14-16(26-29)18(4,5)6/h13-14H,1-12H3. The molecule has 0 saturated carbocycles. The third kappa shape index (κ3) is 4.89. The summed E-state index contributed by atoms with van der Waals surface area (Å²) in [4.78, 5) is 0. The van der Waals surface area contributed by atoms with Crippen molar-refractivity contribution < 1.29 is 22.5 Å². The van der Waals surface area contributed by atoms with E-state index in [9.17, 15) is 9.13 Å². The number of hydrogen-bond acceptors (Lipinski definition) is 5. The van der Waals surface area contributed by atoms with Crippen LogP contribution in [0.25, 0.3) is 0 Å². The van der Waals surface area contributed by atoms with Gasteiger partial charge in [-0.2, -0.15) is 4.31 Å². The minimum atomic E-state index is -3.98. The molecule has 0 amide bonds. The lowest BCUT2D eigenvalue weighted by Gasteiger charge is -2.38. The quantitative estimate of drug-likeness (QED) is 0.412. The monoisotopic (exact) mass is 448 g/mol. The van der Waals surface area contributed by atoms with Crippen molar-refractivity contribution in [2.75, 3.05) is 0 Å². The molecule has 2 unspecified atom stereocenters. The fourth-order valence-electron chi connectivity index (χ4n) is 2.77. The summed E-state index contributed by atoms with van der Waals surface area (Å²) in [7, 11) is -7.95. The van der Waals surface area contributed by atoms with Crippen molar-refractivity contribution in [1.82, 2.24) is 9.34 Å². The van der Waals surface area contributed by atoms with Gasteiger partial charge in [0.2, 0.25) is 0 Å². The second kappa shape index (κ2) is 6.80. The fourth-order valence-corrected chi connectivity index (χ4v) is 7.99. The van der Waals surface area contributed by atoms with Crippen LogP contribution in [0.15, 0.2) is 23.9 Å². The molecule has 2 aliphatic heterocycles. The minimum absolute atomic E-state index is 0.386. The van der Waals surface area contributed by atoms with Crippen LogP contribution < -0.4 is 0 Å². The molecule has 0 aliphatic carbocycles. The van der Waals surface area contributed by atoms with Gasteiger partial charge in [-0.15, -0.1) is 0 Å². The molecule has 2 aliphatic rings. The predicted octanol–water partition coefficient (Wildman–Crippen LogP) is 7.26. The molecule has 0 fully saturated rings.